The molecule has 0 aliphatic heterocycles. The normalized spacial score (nSPS) is 12.9. The molecule has 7 nitrogen and oxygen atoms in total. The molecule has 0 fully saturated rings. The Morgan fingerprint density at radius 2 is 2.03 bits per heavy atom. The highest BCUT2D eigenvalue weighted by Gasteiger charge is 2.27. The Morgan fingerprint density at radius 3 is 2.84 bits per heavy atom. The largest absolute Gasteiger partial charge is 0.462 e. The number of fused-ring (bicyclic) bond motifs is 1. The first-order chi connectivity index (χ1) is 15.1. The molecule has 9 heteroatoms. The summed E-state index contributed by atoms with van der Waals surface area (Å²) in [5.41, 5.74) is 2.62. The molecule has 2 aromatic heterocycles. The number of hydrogen-bond acceptors (Lipinski definition) is 8. The number of aryl methyl sites for hydroxylation is 1. The van der Waals surface area contributed by atoms with Gasteiger partial charge in [0.25, 0.3) is 0 Å². The SMILES string of the molecule is CCOC(=O)c1c(NC(=O)CSc2noc(Cc3ccccc3)n2)sc2c1CCCC2. The predicted molar refractivity (Wildman–Crippen MR) is 120 cm³/mol. The first-order valence-electron chi connectivity index (χ1n) is 10.2. The van der Waals surface area contributed by atoms with Crippen LogP contribution in [0.3, 0.4) is 0 Å². The van der Waals surface area contributed by atoms with Gasteiger partial charge in [-0.1, -0.05) is 47.3 Å². The average Bonchev–Trinajstić information content (AvgIpc) is 3.37. The van der Waals surface area contributed by atoms with E-state index in [4.69, 9.17) is 9.26 Å². The highest BCUT2D eigenvalue weighted by atomic mass is 32.2. The Hall–Kier alpha value is -2.65. The molecule has 0 saturated heterocycles. The number of nitrogens with one attached hydrogen (secondary N) is 1. The molecule has 1 amide bonds. The quantitative estimate of drug-likeness (QED) is 0.393. The molecule has 0 bridgehead atoms. The summed E-state index contributed by atoms with van der Waals surface area (Å²) >= 11 is 2.68. The molecule has 0 atom stereocenters. The zero-order chi connectivity index (χ0) is 21.6. The van der Waals surface area contributed by atoms with E-state index in [-0.39, 0.29) is 17.6 Å². The van der Waals surface area contributed by atoms with Crippen LogP contribution in [0.4, 0.5) is 5.00 Å². The van der Waals surface area contributed by atoms with Crippen molar-refractivity contribution in [3.05, 3.63) is 57.8 Å². The van der Waals surface area contributed by atoms with Gasteiger partial charge < -0.3 is 14.6 Å². The van der Waals surface area contributed by atoms with E-state index in [0.29, 0.717) is 34.6 Å². The Kier molecular flexibility index (Phi) is 7.03. The van der Waals surface area contributed by atoms with E-state index < -0.39 is 0 Å². The Morgan fingerprint density at radius 1 is 1.23 bits per heavy atom. The lowest BCUT2D eigenvalue weighted by atomic mass is 9.95. The number of anilines is 1. The van der Waals surface area contributed by atoms with Crippen molar-refractivity contribution in [1.82, 2.24) is 10.1 Å². The summed E-state index contributed by atoms with van der Waals surface area (Å²) in [6, 6.07) is 9.85. The van der Waals surface area contributed by atoms with Gasteiger partial charge in [-0.05, 0) is 43.7 Å². The third-order valence-corrected chi connectivity index (χ3v) is 6.92. The van der Waals surface area contributed by atoms with Gasteiger partial charge in [0, 0.05) is 4.88 Å². The van der Waals surface area contributed by atoms with Crippen molar-refractivity contribution in [2.45, 2.75) is 44.2 Å². The van der Waals surface area contributed by atoms with Crippen LogP contribution in [0.15, 0.2) is 40.0 Å². The minimum Gasteiger partial charge on any atom is -0.462 e. The van der Waals surface area contributed by atoms with E-state index in [2.05, 4.69) is 15.5 Å². The van der Waals surface area contributed by atoms with Crippen molar-refractivity contribution in [1.29, 1.82) is 0 Å². The molecule has 2 heterocycles. The molecule has 0 radical (unpaired) electrons. The number of thioether (sulfide) groups is 1. The second kappa shape index (κ2) is 10.1. The number of esters is 1. The molecule has 3 aromatic rings. The zero-order valence-corrected chi connectivity index (χ0v) is 18.8. The lowest BCUT2D eigenvalue weighted by molar-refractivity contribution is -0.113. The Balaban J connectivity index is 1.38. The van der Waals surface area contributed by atoms with Crippen molar-refractivity contribution >= 4 is 40.0 Å². The number of rotatable bonds is 8. The number of ether oxygens (including phenoxy) is 1. The van der Waals surface area contributed by atoms with Crippen LogP contribution in [0.5, 0.6) is 0 Å². The van der Waals surface area contributed by atoms with Crippen LogP contribution in [0, 0.1) is 0 Å². The summed E-state index contributed by atoms with van der Waals surface area (Å²) in [4.78, 5) is 30.6. The topological polar surface area (TPSA) is 94.3 Å². The van der Waals surface area contributed by atoms with Gasteiger partial charge in [-0.15, -0.1) is 11.3 Å². The fourth-order valence-electron chi connectivity index (χ4n) is 3.51. The number of nitrogens with zero attached hydrogens (tertiary/aromatic N) is 2. The van der Waals surface area contributed by atoms with E-state index in [1.54, 1.807) is 6.92 Å². The number of amides is 1. The van der Waals surface area contributed by atoms with Gasteiger partial charge in [-0.25, -0.2) is 4.79 Å². The number of carbonyl (C=O) groups excluding carboxylic acids is 2. The van der Waals surface area contributed by atoms with Gasteiger partial charge in [-0.3, -0.25) is 4.79 Å². The Labute approximate surface area is 188 Å². The lowest BCUT2D eigenvalue weighted by Gasteiger charge is -2.12. The van der Waals surface area contributed by atoms with Gasteiger partial charge >= 0.3 is 5.97 Å². The van der Waals surface area contributed by atoms with Crippen molar-refractivity contribution < 1.29 is 18.8 Å². The number of benzene rings is 1. The molecule has 0 saturated carbocycles. The molecule has 4 rings (SSSR count). The molecule has 0 spiro atoms. The molecule has 31 heavy (non-hydrogen) atoms. The number of carbonyl (C=O) groups is 2. The Bertz CT molecular complexity index is 1060. The van der Waals surface area contributed by atoms with E-state index in [1.165, 1.54) is 28.0 Å². The maximum Gasteiger partial charge on any atom is 0.341 e. The molecule has 0 unspecified atom stereocenters. The predicted octanol–water partition coefficient (Wildman–Crippen LogP) is 4.51. The second-order valence-electron chi connectivity index (χ2n) is 7.11. The molecular formula is C22H23N3O4S2. The second-order valence-corrected chi connectivity index (χ2v) is 9.15. The van der Waals surface area contributed by atoms with Crippen molar-refractivity contribution in [2.75, 3.05) is 17.7 Å². The first kappa shape index (κ1) is 21.6. The van der Waals surface area contributed by atoms with E-state index in [1.807, 2.05) is 30.3 Å². The summed E-state index contributed by atoms with van der Waals surface area (Å²) in [5, 5.41) is 7.83. The minimum absolute atomic E-state index is 0.120. The van der Waals surface area contributed by atoms with E-state index in [0.717, 1.165) is 36.8 Å². The lowest BCUT2D eigenvalue weighted by Crippen LogP contribution is -2.17. The van der Waals surface area contributed by atoms with Crippen LogP contribution < -0.4 is 5.32 Å². The summed E-state index contributed by atoms with van der Waals surface area (Å²) in [6.45, 7) is 2.08. The maximum atomic E-state index is 12.6. The highest BCUT2D eigenvalue weighted by molar-refractivity contribution is 7.99. The van der Waals surface area contributed by atoms with Gasteiger partial charge in [0.05, 0.1) is 24.3 Å². The van der Waals surface area contributed by atoms with Crippen LogP contribution in [-0.2, 0) is 28.8 Å². The molecule has 1 aliphatic carbocycles. The first-order valence-corrected chi connectivity index (χ1v) is 12.0. The third-order valence-electron chi connectivity index (χ3n) is 4.88. The van der Waals surface area contributed by atoms with Crippen molar-refractivity contribution in [3.63, 3.8) is 0 Å². The monoisotopic (exact) mass is 457 g/mol. The van der Waals surface area contributed by atoms with Crippen LogP contribution in [0.2, 0.25) is 0 Å². The molecule has 162 valence electrons. The average molecular weight is 458 g/mol. The standard InChI is InChI=1S/C22H23N3O4S2/c1-2-28-21(27)19-15-10-6-7-11-16(15)31-20(19)23-17(26)13-30-22-24-18(29-25-22)12-14-8-4-3-5-9-14/h3-5,8-9H,2,6-7,10-13H2,1H3,(H,23,26). The van der Waals surface area contributed by atoms with Gasteiger partial charge in [0.1, 0.15) is 5.00 Å². The van der Waals surface area contributed by atoms with Crippen molar-refractivity contribution in [3.8, 4) is 0 Å². The third kappa shape index (κ3) is 5.34. The van der Waals surface area contributed by atoms with E-state index in [9.17, 15) is 9.59 Å². The molecular weight excluding hydrogens is 434 g/mol. The number of aromatic nitrogens is 2. The molecule has 1 aliphatic rings. The summed E-state index contributed by atoms with van der Waals surface area (Å²) < 4.78 is 10.5. The van der Waals surface area contributed by atoms with E-state index >= 15 is 0 Å². The van der Waals surface area contributed by atoms with Crippen LogP contribution in [0.25, 0.3) is 0 Å². The van der Waals surface area contributed by atoms with Crippen LogP contribution in [-0.4, -0.2) is 34.4 Å². The smallest absolute Gasteiger partial charge is 0.341 e. The minimum atomic E-state index is -0.367. The van der Waals surface area contributed by atoms with Crippen LogP contribution in [0.1, 0.15) is 52.0 Å². The van der Waals surface area contributed by atoms with Gasteiger partial charge in [0.15, 0.2) is 0 Å². The van der Waals surface area contributed by atoms with Crippen molar-refractivity contribution in [2.24, 2.45) is 0 Å². The highest BCUT2D eigenvalue weighted by Crippen LogP contribution is 2.38. The molecule has 1 aromatic carbocycles. The maximum absolute atomic E-state index is 12.6. The fourth-order valence-corrected chi connectivity index (χ4v) is 5.39. The van der Waals surface area contributed by atoms with Crippen LogP contribution >= 0.6 is 23.1 Å². The molecule has 1 N–H and O–H groups in total. The van der Waals surface area contributed by atoms with Gasteiger partial charge in [0.2, 0.25) is 17.0 Å². The number of thiophene rings is 1. The zero-order valence-electron chi connectivity index (χ0n) is 17.2. The van der Waals surface area contributed by atoms with Gasteiger partial charge in [-0.2, -0.15) is 4.98 Å². The summed E-state index contributed by atoms with van der Waals surface area (Å²) in [5.74, 6) is 0.0385. The summed E-state index contributed by atoms with van der Waals surface area (Å²) in [7, 11) is 0. The number of hydrogen-bond donors (Lipinski definition) is 1. The fraction of sp³-hybridized carbons (Fsp3) is 0.364. The summed E-state index contributed by atoms with van der Waals surface area (Å²) in [6.07, 6.45) is 4.47.